The smallest absolute Gasteiger partial charge is 0.243 e. The number of carbonyl (C=O) groups is 1. The van der Waals surface area contributed by atoms with Crippen molar-refractivity contribution in [2.75, 3.05) is 48.4 Å². The Balaban J connectivity index is 1.32. The molecule has 2 N–H and O–H groups in total. The Morgan fingerprint density at radius 1 is 0.966 bits per heavy atom. The quantitative estimate of drug-likeness (QED) is 0.750. The Kier molecular flexibility index (Phi) is 6.30. The average molecular weight is 416 g/mol. The summed E-state index contributed by atoms with van der Waals surface area (Å²) in [7, 11) is 0. The number of hydrogen-bond donors (Lipinski definition) is 2. The second-order valence-electron chi connectivity index (χ2n) is 7.33. The topological polar surface area (TPSA) is 62.8 Å². The molecule has 6 nitrogen and oxygen atoms in total. The van der Waals surface area contributed by atoms with Gasteiger partial charge in [-0.15, -0.1) is 0 Å². The Bertz CT molecular complexity index is 851. The molecule has 0 saturated carbocycles. The van der Waals surface area contributed by atoms with Crippen molar-refractivity contribution in [1.29, 1.82) is 0 Å². The van der Waals surface area contributed by atoms with Crippen LogP contribution in [0, 0.1) is 0 Å². The number of rotatable bonds is 5. The van der Waals surface area contributed by atoms with Gasteiger partial charge in [-0.2, -0.15) is 0 Å². The Labute approximate surface area is 176 Å². The molecule has 2 heterocycles. The molecule has 154 valence electrons. The molecule has 2 aromatic carbocycles. The number of carbonyl (C=O) groups excluding carboxylic acids is 1. The number of piperidine rings is 1. The summed E-state index contributed by atoms with van der Waals surface area (Å²) in [6.07, 6.45) is 4.62. The van der Waals surface area contributed by atoms with Crippen LogP contribution in [0.1, 0.15) is 25.7 Å². The fraction of sp³-hybridized carbons (Fsp3) is 0.409. The molecule has 1 amide bonds. The van der Waals surface area contributed by atoms with E-state index in [-0.39, 0.29) is 12.5 Å². The summed E-state index contributed by atoms with van der Waals surface area (Å²) in [5, 5.41) is 6.49. The number of ether oxygens (including phenoxy) is 2. The highest BCUT2D eigenvalue weighted by Gasteiger charge is 2.15. The molecule has 0 aromatic heterocycles. The van der Waals surface area contributed by atoms with Gasteiger partial charge in [0, 0.05) is 43.0 Å². The van der Waals surface area contributed by atoms with Crippen LogP contribution in [0.25, 0.3) is 0 Å². The Hall–Kier alpha value is -2.60. The van der Waals surface area contributed by atoms with Crippen LogP contribution in [0.3, 0.4) is 0 Å². The van der Waals surface area contributed by atoms with Gasteiger partial charge in [0.2, 0.25) is 5.91 Å². The lowest BCUT2D eigenvalue weighted by Gasteiger charge is -2.28. The summed E-state index contributed by atoms with van der Waals surface area (Å²) in [5.41, 5.74) is 2.63. The van der Waals surface area contributed by atoms with Crippen molar-refractivity contribution in [3.63, 3.8) is 0 Å². The van der Waals surface area contributed by atoms with Crippen molar-refractivity contribution in [1.82, 2.24) is 0 Å². The molecule has 2 aromatic rings. The highest BCUT2D eigenvalue weighted by atomic mass is 35.5. The van der Waals surface area contributed by atoms with E-state index in [4.69, 9.17) is 21.1 Å². The SMILES string of the molecule is O=C(CNc1cc2c(cc1Cl)OCCCO2)Nc1ccc(N2CCCCC2)cc1. The van der Waals surface area contributed by atoms with Gasteiger partial charge in [0.05, 0.1) is 30.5 Å². The van der Waals surface area contributed by atoms with E-state index in [0.29, 0.717) is 35.4 Å². The van der Waals surface area contributed by atoms with Crippen LogP contribution < -0.4 is 25.0 Å². The van der Waals surface area contributed by atoms with Crippen LogP contribution in [-0.4, -0.2) is 38.8 Å². The first-order valence-electron chi connectivity index (χ1n) is 10.2. The van der Waals surface area contributed by atoms with Gasteiger partial charge >= 0.3 is 0 Å². The summed E-state index contributed by atoms with van der Waals surface area (Å²) < 4.78 is 11.3. The maximum absolute atomic E-state index is 12.3. The fourth-order valence-corrected chi connectivity index (χ4v) is 3.83. The van der Waals surface area contributed by atoms with Gasteiger partial charge in [0.1, 0.15) is 0 Å². The van der Waals surface area contributed by atoms with E-state index in [1.807, 2.05) is 12.1 Å². The third-order valence-corrected chi connectivity index (χ3v) is 5.46. The van der Waals surface area contributed by atoms with Crippen molar-refractivity contribution < 1.29 is 14.3 Å². The Morgan fingerprint density at radius 2 is 1.66 bits per heavy atom. The molecule has 0 bridgehead atoms. The zero-order valence-electron chi connectivity index (χ0n) is 16.4. The van der Waals surface area contributed by atoms with E-state index in [1.54, 1.807) is 12.1 Å². The second-order valence-corrected chi connectivity index (χ2v) is 7.73. The lowest BCUT2D eigenvalue weighted by atomic mass is 10.1. The molecule has 0 spiro atoms. The van der Waals surface area contributed by atoms with Crippen molar-refractivity contribution in [3.05, 3.63) is 41.4 Å². The molecule has 0 atom stereocenters. The minimum Gasteiger partial charge on any atom is -0.490 e. The number of amides is 1. The lowest BCUT2D eigenvalue weighted by molar-refractivity contribution is -0.114. The molecule has 0 unspecified atom stereocenters. The predicted molar refractivity (Wildman–Crippen MR) is 117 cm³/mol. The van der Waals surface area contributed by atoms with Crippen LogP contribution in [0.2, 0.25) is 5.02 Å². The monoisotopic (exact) mass is 415 g/mol. The molecular formula is C22H26ClN3O3. The van der Waals surface area contributed by atoms with E-state index in [1.165, 1.54) is 24.9 Å². The largest absolute Gasteiger partial charge is 0.490 e. The van der Waals surface area contributed by atoms with Gasteiger partial charge in [-0.1, -0.05) is 11.6 Å². The first-order valence-corrected chi connectivity index (χ1v) is 10.5. The summed E-state index contributed by atoms with van der Waals surface area (Å²) in [6, 6.07) is 11.5. The normalized spacial score (nSPS) is 16.1. The van der Waals surface area contributed by atoms with Crippen molar-refractivity contribution >= 4 is 34.6 Å². The van der Waals surface area contributed by atoms with Crippen LogP contribution >= 0.6 is 11.6 Å². The number of nitrogens with zero attached hydrogens (tertiary/aromatic N) is 1. The van der Waals surface area contributed by atoms with E-state index in [9.17, 15) is 4.79 Å². The average Bonchev–Trinajstić information content (AvgIpc) is 2.98. The van der Waals surface area contributed by atoms with Gasteiger partial charge in [-0.25, -0.2) is 0 Å². The number of fused-ring (bicyclic) bond motifs is 1. The molecule has 2 aliphatic rings. The zero-order valence-corrected chi connectivity index (χ0v) is 17.1. The fourth-order valence-electron chi connectivity index (χ4n) is 3.61. The molecule has 0 radical (unpaired) electrons. The lowest BCUT2D eigenvalue weighted by Crippen LogP contribution is -2.29. The number of hydrogen-bond acceptors (Lipinski definition) is 5. The van der Waals surface area contributed by atoms with E-state index < -0.39 is 0 Å². The molecule has 1 saturated heterocycles. The Morgan fingerprint density at radius 3 is 2.38 bits per heavy atom. The molecule has 29 heavy (non-hydrogen) atoms. The highest BCUT2D eigenvalue weighted by Crippen LogP contribution is 2.37. The second kappa shape index (κ2) is 9.27. The van der Waals surface area contributed by atoms with E-state index in [2.05, 4.69) is 27.7 Å². The van der Waals surface area contributed by atoms with Gasteiger partial charge in [0.15, 0.2) is 11.5 Å². The third-order valence-electron chi connectivity index (χ3n) is 5.15. The van der Waals surface area contributed by atoms with E-state index in [0.717, 1.165) is 25.2 Å². The van der Waals surface area contributed by atoms with Gasteiger partial charge in [-0.05, 0) is 43.5 Å². The number of halogens is 1. The maximum atomic E-state index is 12.3. The molecule has 7 heteroatoms. The van der Waals surface area contributed by atoms with Crippen LogP contribution in [-0.2, 0) is 4.79 Å². The summed E-state index contributed by atoms with van der Waals surface area (Å²) in [5.74, 6) is 1.14. The minimum absolute atomic E-state index is 0.104. The molecule has 0 aliphatic carbocycles. The first-order chi connectivity index (χ1) is 14.2. The zero-order chi connectivity index (χ0) is 20.1. The predicted octanol–water partition coefficient (Wildman–Crippen LogP) is 4.54. The maximum Gasteiger partial charge on any atom is 0.243 e. The van der Waals surface area contributed by atoms with Gasteiger partial charge < -0.3 is 25.0 Å². The van der Waals surface area contributed by atoms with Crippen molar-refractivity contribution in [2.45, 2.75) is 25.7 Å². The van der Waals surface area contributed by atoms with Gasteiger partial charge in [-0.3, -0.25) is 4.79 Å². The summed E-state index contributed by atoms with van der Waals surface area (Å²) in [6.45, 7) is 3.52. The van der Waals surface area contributed by atoms with Crippen LogP contribution in [0.5, 0.6) is 11.5 Å². The number of nitrogens with one attached hydrogen (secondary N) is 2. The molecule has 1 fully saturated rings. The standard InChI is InChI=1S/C22H26ClN3O3/c23-18-13-20-21(29-12-4-11-28-20)14-19(18)24-15-22(27)25-16-5-7-17(8-6-16)26-9-2-1-3-10-26/h5-8,13-14,24H,1-4,9-12,15H2,(H,25,27). The molecule has 2 aliphatic heterocycles. The summed E-state index contributed by atoms with van der Waals surface area (Å²) in [4.78, 5) is 14.7. The number of anilines is 3. The molecule has 4 rings (SSSR count). The van der Waals surface area contributed by atoms with Crippen molar-refractivity contribution in [2.24, 2.45) is 0 Å². The van der Waals surface area contributed by atoms with Crippen LogP contribution in [0.4, 0.5) is 17.1 Å². The summed E-state index contributed by atoms with van der Waals surface area (Å²) >= 11 is 6.31. The highest BCUT2D eigenvalue weighted by molar-refractivity contribution is 6.33. The van der Waals surface area contributed by atoms with E-state index >= 15 is 0 Å². The third kappa shape index (κ3) is 5.07. The van der Waals surface area contributed by atoms with Crippen LogP contribution in [0.15, 0.2) is 36.4 Å². The first kappa shape index (κ1) is 19.7. The molecular weight excluding hydrogens is 390 g/mol. The number of benzene rings is 2. The van der Waals surface area contributed by atoms with Crippen molar-refractivity contribution in [3.8, 4) is 11.5 Å². The van der Waals surface area contributed by atoms with Gasteiger partial charge in [0.25, 0.3) is 0 Å². The minimum atomic E-state index is -0.140.